The summed E-state index contributed by atoms with van der Waals surface area (Å²) < 4.78 is 5.49. The summed E-state index contributed by atoms with van der Waals surface area (Å²) in [7, 11) is 0. The number of nitrogens with one attached hydrogen (secondary N) is 1. The molecule has 0 fully saturated rings. The number of amides is 1. The van der Waals surface area contributed by atoms with E-state index in [-0.39, 0.29) is 18.5 Å². The molecule has 3 N–H and O–H groups in total. The van der Waals surface area contributed by atoms with Crippen molar-refractivity contribution in [3.05, 3.63) is 48.6 Å². The molecule has 416 valence electrons. The number of carbonyl (C=O) groups excluding carboxylic acids is 2. The van der Waals surface area contributed by atoms with Crippen LogP contribution in [0.2, 0.25) is 0 Å². The number of esters is 1. The molecule has 6 nitrogen and oxygen atoms in total. The van der Waals surface area contributed by atoms with Crippen molar-refractivity contribution in [3.8, 4) is 0 Å². The molecule has 0 aliphatic heterocycles. The average Bonchev–Trinajstić information content (AvgIpc) is 3.37. The molecule has 0 spiro atoms. The van der Waals surface area contributed by atoms with Crippen molar-refractivity contribution in [1.82, 2.24) is 5.32 Å². The van der Waals surface area contributed by atoms with Gasteiger partial charge in [-0.15, -0.1) is 0 Å². The van der Waals surface area contributed by atoms with Crippen molar-refractivity contribution < 1.29 is 24.5 Å². The summed E-state index contributed by atoms with van der Waals surface area (Å²) in [5, 5.41) is 23.0. The van der Waals surface area contributed by atoms with E-state index in [4.69, 9.17) is 4.74 Å². The predicted octanol–water partition coefficient (Wildman–Crippen LogP) is 19.7. The van der Waals surface area contributed by atoms with Crippen LogP contribution in [0.25, 0.3) is 0 Å². The minimum absolute atomic E-state index is 0.00617. The van der Waals surface area contributed by atoms with Gasteiger partial charge in [0.05, 0.1) is 25.4 Å². The maximum absolute atomic E-state index is 12.4. The van der Waals surface area contributed by atoms with Crippen LogP contribution in [0.15, 0.2) is 48.6 Å². The highest BCUT2D eigenvalue weighted by atomic mass is 16.5. The Kier molecular flexibility index (Phi) is 58.5. The van der Waals surface area contributed by atoms with Gasteiger partial charge in [0.1, 0.15) is 0 Å². The zero-order chi connectivity index (χ0) is 51.4. The fourth-order valence-corrected chi connectivity index (χ4v) is 9.48. The molecule has 0 rings (SSSR count). The second kappa shape index (κ2) is 60.4. The summed E-state index contributed by atoms with van der Waals surface area (Å²) in [6, 6.07) is -0.628. The molecular formula is C65H121NO5. The molecule has 2 atom stereocenters. The Balaban J connectivity index is 3.38. The van der Waals surface area contributed by atoms with Gasteiger partial charge < -0.3 is 20.3 Å². The van der Waals surface area contributed by atoms with Crippen LogP contribution < -0.4 is 5.32 Å². The summed E-state index contributed by atoms with van der Waals surface area (Å²) in [6.07, 6.45) is 77.4. The minimum Gasteiger partial charge on any atom is -0.466 e. The molecule has 0 saturated carbocycles. The molecule has 0 saturated heterocycles. The van der Waals surface area contributed by atoms with Crippen LogP contribution in [0.3, 0.4) is 0 Å². The minimum atomic E-state index is -0.844. The van der Waals surface area contributed by atoms with E-state index in [1.54, 1.807) is 6.08 Å². The maximum Gasteiger partial charge on any atom is 0.305 e. The number of rotatable bonds is 58. The number of hydrogen-bond donors (Lipinski definition) is 3. The lowest BCUT2D eigenvalue weighted by Crippen LogP contribution is -2.45. The summed E-state index contributed by atoms with van der Waals surface area (Å²) in [5.74, 6) is -0.0657. The van der Waals surface area contributed by atoms with Crippen LogP contribution in [0.4, 0.5) is 0 Å². The Labute approximate surface area is 442 Å². The highest BCUT2D eigenvalue weighted by Crippen LogP contribution is 2.16. The van der Waals surface area contributed by atoms with Crippen molar-refractivity contribution in [3.63, 3.8) is 0 Å². The normalized spacial score (nSPS) is 12.9. The van der Waals surface area contributed by atoms with Gasteiger partial charge in [0.25, 0.3) is 0 Å². The van der Waals surface area contributed by atoms with E-state index >= 15 is 0 Å². The van der Waals surface area contributed by atoms with E-state index in [1.165, 1.54) is 250 Å². The third-order valence-electron chi connectivity index (χ3n) is 14.3. The van der Waals surface area contributed by atoms with E-state index in [2.05, 4.69) is 55.6 Å². The highest BCUT2D eigenvalue weighted by Gasteiger charge is 2.18. The molecule has 0 radical (unpaired) electrons. The zero-order valence-corrected chi connectivity index (χ0v) is 47.5. The van der Waals surface area contributed by atoms with E-state index in [9.17, 15) is 19.8 Å². The fraction of sp³-hybridized carbons (Fsp3) is 0.846. The largest absolute Gasteiger partial charge is 0.466 e. The Morgan fingerprint density at radius 2 is 0.704 bits per heavy atom. The van der Waals surface area contributed by atoms with Gasteiger partial charge in [0.15, 0.2) is 0 Å². The number of aliphatic hydroxyl groups is 2. The third kappa shape index (κ3) is 57.0. The second-order valence-corrected chi connectivity index (χ2v) is 21.4. The Hall–Kier alpha value is -2.18. The monoisotopic (exact) mass is 996 g/mol. The zero-order valence-electron chi connectivity index (χ0n) is 47.5. The molecule has 0 aromatic carbocycles. The Morgan fingerprint density at radius 1 is 0.394 bits per heavy atom. The molecule has 0 heterocycles. The highest BCUT2D eigenvalue weighted by molar-refractivity contribution is 5.76. The number of unbranched alkanes of at least 4 members (excludes halogenated alkanes) is 41. The molecule has 0 aromatic heterocycles. The quantitative estimate of drug-likeness (QED) is 0.0321. The third-order valence-corrected chi connectivity index (χ3v) is 14.3. The number of hydrogen-bond acceptors (Lipinski definition) is 5. The van der Waals surface area contributed by atoms with Gasteiger partial charge in [-0.3, -0.25) is 9.59 Å². The Bertz CT molecular complexity index is 1190. The maximum atomic E-state index is 12.4. The van der Waals surface area contributed by atoms with Gasteiger partial charge in [-0.25, -0.2) is 0 Å². The first kappa shape index (κ1) is 68.8. The van der Waals surface area contributed by atoms with Crippen molar-refractivity contribution in [1.29, 1.82) is 0 Å². The summed E-state index contributed by atoms with van der Waals surface area (Å²) in [6.45, 7) is 4.87. The van der Waals surface area contributed by atoms with E-state index < -0.39 is 12.1 Å². The summed E-state index contributed by atoms with van der Waals surface area (Å²) >= 11 is 0. The average molecular weight is 997 g/mol. The second-order valence-electron chi connectivity index (χ2n) is 21.4. The summed E-state index contributed by atoms with van der Waals surface area (Å²) in [5.41, 5.74) is 0. The standard InChI is InChI=1S/C65H121NO5/c1-3-5-7-9-11-13-15-16-17-18-30-33-36-39-43-47-51-55-59-65(70)71-60-56-52-48-44-40-37-34-31-28-26-24-22-20-19-21-23-25-27-29-32-35-38-42-46-50-54-58-64(69)66-62(61-67)63(68)57-53-49-45-41-14-12-10-8-6-4-2/h13,15,17-19,21,53,57,62-63,67-68H,3-12,14,16,20,22-52,54-56,58-61H2,1-2H3,(H,66,69)/b15-13-,18-17-,21-19-,57-53+. The van der Waals surface area contributed by atoms with Crippen LogP contribution in [0, 0.1) is 0 Å². The van der Waals surface area contributed by atoms with E-state index in [1.807, 2.05) is 6.08 Å². The molecule has 6 heteroatoms. The van der Waals surface area contributed by atoms with E-state index in [0.29, 0.717) is 19.4 Å². The molecule has 0 aromatic rings. The smallest absolute Gasteiger partial charge is 0.305 e. The first-order valence-electron chi connectivity index (χ1n) is 31.4. The van der Waals surface area contributed by atoms with Crippen LogP contribution >= 0.6 is 0 Å². The molecule has 0 bridgehead atoms. The van der Waals surface area contributed by atoms with Crippen molar-refractivity contribution in [2.24, 2.45) is 0 Å². The van der Waals surface area contributed by atoms with Crippen LogP contribution in [-0.4, -0.2) is 47.4 Å². The molecule has 0 aliphatic carbocycles. The molecule has 71 heavy (non-hydrogen) atoms. The molecule has 1 amide bonds. The SMILES string of the molecule is CCCCCC/C=C\C/C=C\CCCCCCCCCC(=O)OCCCCCCCCCCCCCC/C=C\CCCCCCCCCCCCC(=O)NC(CO)C(O)/C=C/CCCCCCCCCC. The topological polar surface area (TPSA) is 95.9 Å². The first-order valence-corrected chi connectivity index (χ1v) is 31.4. The lowest BCUT2D eigenvalue weighted by atomic mass is 10.0. The van der Waals surface area contributed by atoms with Crippen LogP contribution in [0.1, 0.15) is 328 Å². The van der Waals surface area contributed by atoms with Gasteiger partial charge >= 0.3 is 5.97 Å². The summed E-state index contributed by atoms with van der Waals surface area (Å²) in [4.78, 5) is 24.5. The number of allylic oxidation sites excluding steroid dienone is 7. The fourth-order valence-electron chi connectivity index (χ4n) is 9.48. The molecule has 2 unspecified atom stereocenters. The lowest BCUT2D eigenvalue weighted by molar-refractivity contribution is -0.143. The molecule has 0 aliphatic rings. The van der Waals surface area contributed by atoms with Gasteiger partial charge in [-0.1, -0.05) is 274 Å². The lowest BCUT2D eigenvalue weighted by Gasteiger charge is -2.20. The predicted molar refractivity (Wildman–Crippen MR) is 310 cm³/mol. The van der Waals surface area contributed by atoms with Crippen LogP contribution in [-0.2, 0) is 14.3 Å². The van der Waals surface area contributed by atoms with Gasteiger partial charge in [-0.05, 0) is 89.9 Å². The molecular weight excluding hydrogens is 875 g/mol. The number of ether oxygens (including phenoxy) is 1. The van der Waals surface area contributed by atoms with Crippen molar-refractivity contribution >= 4 is 11.9 Å². The number of aliphatic hydroxyl groups excluding tert-OH is 2. The van der Waals surface area contributed by atoms with Gasteiger partial charge in [-0.2, -0.15) is 0 Å². The van der Waals surface area contributed by atoms with Gasteiger partial charge in [0.2, 0.25) is 5.91 Å². The van der Waals surface area contributed by atoms with Gasteiger partial charge in [0, 0.05) is 12.8 Å². The first-order chi connectivity index (χ1) is 35.0. The van der Waals surface area contributed by atoms with Crippen molar-refractivity contribution in [2.75, 3.05) is 13.2 Å². The van der Waals surface area contributed by atoms with Crippen LogP contribution in [0.5, 0.6) is 0 Å². The van der Waals surface area contributed by atoms with E-state index in [0.717, 1.165) is 51.4 Å². The number of carbonyl (C=O) groups is 2. The Morgan fingerprint density at radius 3 is 1.10 bits per heavy atom. The van der Waals surface area contributed by atoms with Crippen molar-refractivity contribution in [2.45, 2.75) is 341 Å².